The number of halogens is 1. The van der Waals surface area contributed by atoms with Gasteiger partial charge in [-0.25, -0.2) is 9.37 Å². The van der Waals surface area contributed by atoms with Gasteiger partial charge in [-0.3, -0.25) is 4.79 Å². The van der Waals surface area contributed by atoms with E-state index >= 15 is 0 Å². The van der Waals surface area contributed by atoms with Crippen LogP contribution in [0.4, 0.5) is 4.39 Å². The molecule has 2 rings (SSSR count). The summed E-state index contributed by atoms with van der Waals surface area (Å²) in [4.78, 5) is 19.2. The van der Waals surface area contributed by atoms with Crippen molar-refractivity contribution in [2.24, 2.45) is 0 Å². The molecule has 6 heteroatoms. The number of benzene rings is 1. The predicted molar refractivity (Wildman–Crippen MR) is 82.1 cm³/mol. The molecule has 2 N–H and O–H groups in total. The molecule has 4 nitrogen and oxygen atoms in total. The minimum atomic E-state index is -0.309. The highest BCUT2D eigenvalue weighted by Crippen LogP contribution is 2.30. The molecule has 0 spiro atoms. The smallest absolute Gasteiger partial charge is 0.251 e. The van der Waals surface area contributed by atoms with Crippen molar-refractivity contribution in [1.29, 1.82) is 0 Å². The van der Waals surface area contributed by atoms with Crippen LogP contribution in [0.2, 0.25) is 0 Å². The van der Waals surface area contributed by atoms with Gasteiger partial charge < -0.3 is 10.3 Å². The van der Waals surface area contributed by atoms with Crippen molar-refractivity contribution >= 4 is 11.8 Å². The zero-order chi connectivity index (χ0) is 15.2. The Balaban J connectivity index is 2.35. The Morgan fingerprint density at radius 1 is 1.43 bits per heavy atom. The van der Waals surface area contributed by atoms with E-state index in [-0.39, 0.29) is 11.4 Å². The van der Waals surface area contributed by atoms with Crippen molar-refractivity contribution in [3.63, 3.8) is 0 Å². The second kappa shape index (κ2) is 7.38. The lowest BCUT2D eigenvalue weighted by atomic mass is 10.2. The fourth-order valence-electron chi connectivity index (χ4n) is 2.01. The predicted octanol–water partition coefficient (Wildman–Crippen LogP) is 2.73. The van der Waals surface area contributed by atoms with Gasteiger partial charge in [-0.1, -0.05) is 25.5 Å². The standard InChI is InChI=1S/C15H18FN3OS/c1-3-5-11-8-13(20)19-15(18-11)21-14-10(9-17-2)6-4-7-12(14)16/h4,6-8,17H,3,5,9H2,1-2H3,(H,18,19,20). The van der Waals surface area contributed by atoms with Crippen molar-refractivity contribution in [3.8, 4) is 0 Å². The largest absolute Gasteiger partial charge is 0.316 e. The first-order valence-corrected chi connectivity index (χ1v) is 7.65. The highest BCUT2D eigenvalue weighted by Gasteiger charge is 2.12. The van der Waals surface area contributed by atoms with Crippen LogP contribution in [-0.2, 0) is 13.0 Å². The number of aryl methyl sites for hydroxylation is 1. The highest BCUT2D eigenvalue weighted by molar-refractivity contribution is 7.99. The summed E-state index contributed by atoms with van der Waals surface area (Å²) in [6.07, 6.45) is 1.64. The molecule has 0 aliphatic heterocycles. The molecule has 1 aromatic heterocycles. The third kappa shape index (κ3) is 4.15. The number of aromatic nitrogens is 2. The van der Waals surface area contributed by atoms with Crippen molar-refractivity contribution in [1.82, 2.24) is 15.3 Å². The molecule has 0 amide bonds. The molecule has 0 unspecified atom stereocenters. The van der Waals surface area contributed by atoms with Gasteiger partial charge in [0.2, 0.25) is 0 Å². The van der Waals surface area contributed by atoms with Crippen LogP contribution < -0.4 is 10.9 Å². The SMILES string of the molecule is CCCc1cc(=O)[nH]c(Sc2c(F)cccc2CNC)n1. The first kappa shape index (κ1) is 15.7. The van der Waals surface area contributed by atoms with Crippen molar-refractivity contribution in [3.05, 3.63) is 51.7 Å². The summed E-state index contributed by atoms with van der Waals surface area (Å²) in [6.45, 7) is 2.58. The maximum Gasteiger partial charge on any atom is 0.251 e. The number of hydrogen-bond donors (Lipinski definition) is 2. The zero-order valence-electron chi connectivity index (χ0n) is 12.1. The Bertz CT molecular complexity index is 672. The van der Waals surface area contributed by atoms with Crippen LogP contribution >= 0.6 is 11.8 Å². The van der Waals surface area contributed by atoms with E-state index in [1.165, 1.54) is 12.1 Å². The molecular weight excluding hydrogens is 289 g/mol. The molecule has 1 heterocycles. The molecule has 0 saturated carbocycles. The molecule has 0 saturated heterocycles. The van der Waals surface area contributed by atoms with E-state index < -0.39 is 0 Å². The lowest BCUT2D eigenvalue weighted by Gasteiger charge is -2.09. The van der Waals surface area contributed by atoms with Crippen molar-refractivity contribution < 1.29 is 4.39 Å². The summed E-state index contributed by atoms with van der Waals surface area (Å²) >= 11 is 1.15. The summed E-state index contributed by atoms with van der Waals surface area (Å²) in [5.74, 6) is -0.309. The van der Waals surface area contributed by atoms with Crippen LogP contribution in [0.15, 0.2) is 39.1 Å². The minimum absolute atomic E-state index is 0.206. The maximum atomic E-state index is 14.0. The molecule has 0 aliphatic rings. The minimum Gasteiger partial charge on any atom is -0.316 e. The van der Waals surface area contributed by atoms with Gasteiger partial charge in [0.05, 0.1) is 4.90 Å². The lowest BCUT2D eigenvalue weighted by Crippen LogP contribution is -2.11. The Hall–Kier alpha value is -1.66. The summed E-state index contributed by atoms with van der Waals surface area (Å²) < 4.78 is 14.0. The average Bonchev–Trinajstić information content (AvgIpc) is 2.43. The number of aromatic amines is 1. The van der Waals surface area contributed by atoms with Crippen molar-refractivity contribution in [2.45, 2.75) is 36.4 Å². The van der Waals surface area contributed by atoms with Gasteiger partial charge in [-0.15, -0.1) is 0 Å². The van der Waals surface area contributed by atoms with Gasteiger partial charge in [-0.05, 0) is 36.9 Å². The van der Waals surface area contributed by atoms with Crippen LogP contribution in [0.1, 0.15) is 24.6 Å². The van der Waals surface area contributed by atoms with Gasteiger partial charge in [0.25, 0.3) is 5.56 Å². The Morgan fingerprint density at radius 3 is 2.95 bits per heavy atom. The van der Waals surface area contributed by atoms with Gasteiger partial charge in [0.1, 0.15) is 5.82 Å². The van der Waals surface area contributed by atoms with Crippen LogP contribution in [0, 0.1) is 5.82 Å². The molecule has 0 bridgehead atoms. The highest BCUT2D eigenvalue weighted by atomic mass is 32.2. The fraction of sp³-hybridized carbons (Fsp3) is 0.333. The average molecular weight is 307 g/mol. The summed E-state index contributed by atoms with van der Waals surface area (Å²) in [7, 11) is 1.81. The van der Waals surface area contributed by atoms with Gasteiger partial charge >= 0.3 is 0 Å². The first-order chi connectivity index (χ1) is 10.1. The Kier molecular flexibility index (Phi) is 5.52. The van der Waals surface area contributed by atoms with Crippen molar-refractivity contribution in [2.75, 3.05) is 7.05 Å². The molecule has 112 valence electrons. The second-order valence-electron chi connectivity index (χ2n) is 4.65. The van der Waals surface area contributed by atoms with E-state index in [9.17, 15) is 9.18 Å². The van der Waals surface area contributed by atoms with E-state index in [0.29, 0.717) is 16.6 Å². The van der Waals surface area contributed by atoms with Gasteiger partial charge in [-0.2, -0.15) is 0 Å². The van der Waals surface area contributed by atoms with E-state index in [0.717, 1.165) is 35.9 Å². The Morgan fingerprint density at radius 2 is 2.24 bits per heavy atom. The monoisotopic (exact) mass is 307 g/mol. The van der Waals surface area contributed by atoms with Crippen LogP contribution in [0.3, 0.4) is 0 Å². The van der Waals surface area contributed by atoms with E-state index in [1.807, 2.05) is 13.0 Å². The number of nitrogens with zero attached hydrogens (tertiary/aromatic N) is 1. The van der Waals surface area contributed by atoms with E-state index in [1.54, 1.807) is 13.1 Å². The molecule has 0 radical (unpaired) electrons. The number of hydrogen-bond acceptors (Lipinski definition) is 4. The van der Waals surface area contributed by atoms with Crippen LogP contribution in [0.25, 0.3) is 0 Å². The normalized spacial score (nSPS) is 10.8. The zero-order valence-corrected chi connectivity index (χ0v) is 12.9. The first-order valence-electron chi connectivity index (χ1n) is 6.84. The molecule has 2 aromatic rings. The number of nitrogens with one attached hydrogen (secondary N) is 2. The molecule has 0 aliphatic carbocycles. The fourth-order valence-corrected chi connectivity index (χ4v) is 2.95. The third-order valence-corrected chi connectivity index (χ3v) is 3.94. The molecule has 0 fully saturated rings. The Labute approximate surface area is 127 Å². The van der Waals surface area contributed by atoms with Crippen LogP contribution in [-0.4, -0.2) is 17.0 Å². The van der Waals surface area contributed by atoms with Gasteiger partial charge in [0, 0.05) is 18.3 Å². The second-order valence-corrected chi connectivity index (χ2v) is 5.65. The topological polar surface area (TPSA) is 57.8 Å². The molecule has 21 heavy (non-hydrogen) atoms. The maximum absolute atomic E-state index is 14.0. The van der Waals surface area contributed by atoms with Gasteiger partial charge in [0.15, 0.2) is 5.16 Å². The lowest BCUT2D eigenvalue weighted by molar-refractivity contribution is 0.593. The third-order valence-electron chi connectivity index (χ3n) is 2.89. The quantitative estimate of drug-likeness (QED) is 0.806. The number of H-pyrrole nitrogens is 1. The number of rotatable bonds is 6. The molecule has 0 atom stereocenters. The molecule has 1 aromatic carbocycles. The van der Waals surface area contributed by atoms with E-state index in [4.69, 9.17) is 0 Å². The summed E-state index contributed by atoms with van der Waals surface area (Å²) in [6, 6.07) is 6.44. The van der Waals surface area contributed by atoms with Crippen LogP contribution in [0.5, 0.6) is 0 Å². The summed E-state index contributed by atoms with van der Waals surface area (Å²) in [5.41, 5.74) is 1.36. The molecular formula is C15H18FN3OS. The summed E-state index contributed by atoms with van der Waals surface area (Å²) in [5, 5.41) is 3.43. The van der Waals surface area contributed by atoms with E-state index in [2.05, 4.69) is 15.3 Å².